The normalized spacial score (nSPS) is 23.9. The third-order valence-corrected chi connectivity index (χ3v) is 5.46. The van der Waals surface area contributed by atoms with Gasteiger partial charge in [-0.1, -0.05) is 28.1 Å². The lowest BCUT2D eigenvalue weighted by Crippen LogP contribution is -2.51. The Balaban J connectivity index is 1.56. The first-order valence-electron chi connectivity index (χ1n) is 8.56. The molecule has 0 saturated carbocycles. The molecule has 2 aliphatic heterocycles. The molecule has 0 N–H and O–H groups in total. The van der Waals surface area contributed by atoms with Crippen molar-refractivity contribution < 1.29 is 4.79 Å². The number of carbonyl (C=O) groups excluding carboxylic acids is 1. The fourth-order valence-corrected chi connectivity index (χ4v) is 4.03. The SMILES string of the molecule is CN1CCN(C(=O)C2CCCN(Cc3cccc(Br)c3)C2)CC1. The molecule has 2 aliphatic rings. The van der Waals surface area contributed by atoms with Crippen LogP contribution >= 0.6 is 15.9 Å². The number of hydrogen-bond acceptors (Lipinski definition) is 3. The monoisotopic (exact) mass is 379 g/mol. The predicted molar refractivity (Wildman–Crippen MR) is 96.2 cm³/mol. The number of likely N-dealkylation sites (N-methyl/N-ethyl adjacent to an activating group) is 1. The van der Waals surface area contributed by atoms with Gasteiger partial charge >= 0.3 is 0 Å². The van der Waals surface area contributed by atoms with Gasteiger partial charge in [-0.25, -0.2) is 0 Å². The van der Waals surface area contributed by atoms with E-state index in [1.54, 1.807) is 0 Å². The number of rotatable bonds is 3. The summed E-state index contributed by atoms with van der Waals surface area (Å²) in [6.07, 6.45) is 2.16. The molecule has 2 saturated heterocycles. The van der Waals surface area contributed by atoms with E-state index in [1.807, 2.05) is 0 Å². The van der Waals surface area contributed by atoms with Gasteiger partial charge in [-0.3, -0.25) is 9.69 Å². The fraction of sp³-hybridized carbons (Fsp3) is 0.611. The molecule has 5 heteroatoms. The Kier molecular flexibility index (Phi) is 5.72. The topological polar surface area (TPSA) is 26.8 Å². The number of halogens is 1. The Morgan fingerprint density at radius 2 is 2.00 bits per heavy atom. The van der Waals surface area contributed by atoms with Crippen molar-refractivity contribution in [3.05, 3.63) is 34.3 Å². The molecule has 126 valence electrons. The molecule has 0 aliphatic carbocycles. The highest BCUT2D eigenvalue weighted by Crippen LogP contribution is 2.22. The van der Waals surface area contributed by atoms with Crippen LogP contribution in [0.3, 0.4) is 0 Å². The molecule has 1 amide bonds. The van der Waals surface area contributed by atoms with Crippen LogP contribution in [0.15, 0.2) is 28.7 Å². The average molecular weight is 380 g/mol. The van der Waals surface area contributed by atoms with Crippen molar-refractivity contribution in [3.63, 3.8) is 0 Å². The molecule has 4 nitrogen and oxygen atoms in total. The van der Waals surface area contributed by atoms with Crippen LogP contribution in [0, 0.1) is 5.92 Å². The van der Waals surface area contributed by atoms with E-state index < -0.39 is 0 Å². The zero-order valence-corrected chi connectivity index (χ0v) is 15.5. The van der Waals surface area contributed by atoms with Crippen molar-refractivity contribution in [1.82, 2.24) is 14.7 Å². The van der Waals surface area contributed by atoms with Gasteiger partial charge in [-0.05, 0) is 44.1 Å². The van der Waals surface area contributed by atoms with Crippen LogP contribution < -0.4 is 0 Å². The van der Waals surface area contributed by atoms with Crippen molar-refractivity contribution >= 4 is 21.8 Å². The number of amides is 1. The quantitative estimate of drug-likeness (QED) is 0.806. The van der Waals surface area contributed by atoms with Crippen LogP contribution in [-0.2, 0) is 11.3 Å². The highest BCUT2D eigenvalue weighted by molar-refractivity contribution is 9.10. The molecule has 1 unspecified atom stereocenters. The Morgan fingerprint density at radius 1 is 1.22 bits per heavy atom. The summed E-state index contributed by atoms with van der Waals surface area (Å²) in [6, 6.07) is 8.47. The van der Waals surface area contributed by atoms with Crippen LogP contribution in [0.5, 0.6) is 0 Å². The van der Waals surface area contributed by atoms with E-state index in [0.717, 1.165) is 63.1 Å². The largest absolute Gasteiger partial charge is 0.340 e. The molecule has 1 atom stereocenters. The molecular weight excluding hydrogens is 354 g/mol. The molecule has 0 spiro atoms. The lowest BCUT2D eigenvalue weighted by molar-refractivity contribution is -0.139. The number of carbonyl (C=O) groups is 1. The Bertz CT molecular complexity index is 543. The van der Waals surface area contributed by atoms with E-state index in [4.69, 9.17) is 0 Å². The van der Waals surface area contributed by atoms with Gasteiger partial charge in [0.15, 0.2) is 0 Å². The van der Waals surface area contributed by atoms with Gasteiger partial charge < -0.3 is 9.80 Å². The summed E-state index contributed by atoms with van der Waals surface area (Å²) in [6.45, 7) is 6.71. The van der Waals surface area contributed by atoms with E-state index in [-0.39, 0.29) is 5.92 Å². The maximum atomic E-state index is 12.8. The predicted octanol–water partition coefficient (Wildman–Crippen LogP) is 2.44. The Labute approximate surface area is 147 Å². The van der Waals surface area contributed by atoms with Gasteiger partial charge in [0.1, 0.15) is 0 Å². The van der Waals surface area contributed by atoms with Crippen LogP contribution in [-0.4, -0.2) is 66.9 Å². The van der Waals surface area contributed by atoms with Crippen molar-refractivity contribution in [2.75, 3.05) is 46.3 Å². The molecule has 3 rings (SSSR count). The standard InChI is InChI=1S/C18H26BrN3O/c1-20-8-10-22(11-9-20)18(23)16-5-3-7-21(14-16)13-15-4-2-6-17(19)12-15/h2,4,6,12,16H,3,5,7-11,13-14H2,1H3. The highest BCUT2D eigenvalue weighted by Gasteiger charge is 2.30. The molecule has 0 bridgehead atoms. The zero-order valence-electron chi connectivity index (χ0n) is 13.9. The maximum Gasteiger partial charge on any atom is 0.227 e. The lowest BCUT2D eigenvalue weighted by Gasteiger charge is -2.38. The third kappa shape index (κ3) is 4.55. The molecule has 2 heterocycles. The van der Waals surface area contributed by atoms with Crippen LogP contribution in [0.2, 0.25) is 0 Å². The number of piperazine rings is 1. The first-order chi connectivity index (χ1) is 11.1. The minimum Gasteiger partial charge on any atom is -0.340 e. The van der Waals surface area contributed by atoms with E-state index in [2.05, 4.69) is 61.9 Å². The first kappa shape index (κ1) is 16.9. The summed E-state index contributed by atoms with van der Waals surface area (Å²) < 4.78 is 1.12. The molecule has 2 fully saturated rings. The van der Waals surface area contributed by atoms with Gasteiger partial charge in [0, 0.05) is 43.7 Å². The van der Waals surface area contributed by atoms with E-state index >= 15 is 0 Å². The van der Waals surface area contributed by atoms with Crippen molar-refractivity contribution in [3.8, 4) is 0 Å². The van der Waals surface area contributed by atoms with Crippen molar-refractivity contribution in [1.29, 1.82) is 0 Å². The second-order valence-corrected chi connectivity index (χ2v) is 7.75. The number of nitrogens with zero attached hydrogens (tertiary/aromatic N) is 3. The molecule has 0 aromatic heterocycles. The van der Waals surface area contributed by atoms with Crippen LogP contribution in [0.4, 0.5) is 0 Å². The summed E-state index contributed by atoms with van der Waals surface area (Å²) in [4.78, 5) is 19.6. The number of benzene rings is 1. The average Bonchev–Trinajstić information content (AvgIpc) is 2.55. The van der Waals surface area contributed by atoms with Crippen molar-refractivity contribution in [2.24, 2.45) is 5.92 Å². The zero-order chi connectivity index (χ0) is 16.2. The van der Waals surface area contributed by atoms with Gasteiger partial charge in [0.2, 0.25) is 5.91 Å². The maximum absolute atomic E-state index is 12.8. The van der Waals surface area contributed by atoms with Gasteiger partial charge in [0.25, 0.3) is 0 Å². The third-order valence-electron chi connectivity index (χ3n) is 4.96. The smallest absolute Gasteiger partial charge is 0.227 e. The molecule has 1 aromatic carbocycles. The second kappa shape index (κ2) is 7.77. The van der Waals surface area contributed by atoms with Gasteiger partial charge in [-0.2, -0.15) is 0 Å². The number of likely N-dealkylation sites (tertiary alicyclic amines) is 1. The van der Waals surface area contributed by atoms with Gasteiger partial charge in [0.05, 0.1) is 5.92 Å². The Hall–Kier alpha value is -0.910. The highest BCUT2D eigenvalue weighted by atomic mass is 79.9. The number of hydrogen-bond donors (Lipinski definition) is 0. The summed E-state index contributed by atoms with van der Waals surface area (Å²) in [5, 5.41) is 0. The fourth-order valence-electron chi connectivity index (χ4n) is 3.58. The van der Waals surface area contributed by atoms with Gasteiger partial charge in [-0.15, -0.1) is 0 Å². The van der Waals surface area contributed by atoms with Crippen LogP contribution in [0.25, 0.3) is 0 Å². The molecule has 23 heavy (non-hydrogen) atoms. The molecule has 1 aromatic rings. The van der Waals surface area contributed by atoms with E-state index in [9.17, 15) is 4.79 Å². The molecule has 0 radical (unpaired) electrons. The Morgan fingerprint density at radius 3 is 2.74 bits per heavy atom. The van der Waals surface area contributed by atoms with E-state index in [0.29, 0.717) is 5.91 Å². The summed E-state index contributed by atoms with van der Waals surface area (Å²) in [7, 11) is 2.13. The minimum absolute atomic E-state index is 0.180. The van der Waals surface area contributed by atoms with Crippen molar-refractivity contribution in [2.45, 2.75) is 19.4 Å². The lowest BCUT2D eigenvalue weighted by atomic mass is 9.95. The first-order valence-corrected chi connectivity index (χ1v) is 9.35. The minimum atomic E-state index is 0.180. The summed E-state index contributed by atoms with van der Waals surface area (Å²) >= 11 is 3.54. The number of piperidine rings is 1. The summed E-state index contributed by atoms with van der Waals surface area (Å²) in [5.74, 6) is 0.552. The summed E-state index contributed by atoms with van der Waals surface area (Å²) in [5.41, 5.74) is 1.31. The van der Waals surface area contributed by atoms with Crippen LogP contribution in [0.1, 0.15) is 18.4 Å². The molecular formula is C18H26BrN3O. The van der Waals surface area contributed by atoms with E-state index in [1.165, 1.54) is 5.56 Å². The second-order valence-electron chi connectivity index (χ2n) is 6.83.